The number of rotatable bonds is 0. The van der Waals surface area contributed by atoms with Crippen molar-refractivity contribution >= 4 is 13.3 Å². The predicted octanol–water partition coefficient (Wildman–Crippen LogP) is -0.0442. The molecule has 0 saturated carbocycles. The molecule has 1 aromatic rings. The maximum Gasteiger partial charge on any atom is 0.144 e. The van der Waals surface area contributed by atoms with Crippen LogP contribution >= 0.6 is 0 Å². The van der Waals surface area contributed by atoms with Gasteiger partial charge in [0.25, 0.3) is 0 Å². The Morgan fingerprint density at radius 3 is 2.70 bits per heavy atom. The van der Waals surface area contributed by atoms with Crippen LogP contribution in [0.2, 0.25) is 0 Å². The van der Waals surface area contributed by atoms with E-state index in [1.54, 1.807) is 13.9 Å². The number of hydrogen-bond donors (Lipinski definition) is 0. The average Bonchev–Trinajstić information content (AvgIpc) is 1.95. The van der Waals surface area contributed by atoms with E-state index in [4.69, 9.17) is 5.26 Å². The summed E-state index contributed by atoms with van der Waals surface area (Å²) in [5.41, 5.74) is 0.824. The summed E-state index contributed by atoms with van der Waals surface area (Å²) in [5.74, 6) is -0.320. The van der Waals surface area contributed by atoms with Crippen LogP contribution < -0.4 is 5.46 Å². The van der Waals surface area contributed by atoms with E-state index in [0.717, 1.165) is 0 Å². The summed E-state index contributed by atoms with van der Waals surface area (Å²) in [6, 6.07) is 6.36. The Kier molecular flexibility index (Phi) is 1.72. The van der Waals surface area contributed by atoms with Crippen LogP contribution in [-0.2, 0) is 0 Å². The Hall–Kier alpha value is -1.30. The molecule has 0 aromatic heterocycles. The highest BCUT2D eigenvalue weighted by Gasteiger charge is 1.99. The van der Waals surface area contributed by atoms with Crippen LogP contribution in [-0.4, -0.2) is 7.85 Å². The van der Waals surface area contributed by atoms with E-state index in [-0.39, 0.29) is 5.82 Å². The molecule has 0 radical (unpaired) electrons. The minimum absolute atomic E-state index is 0.320. The standard InChI is InChI=1S/C7H5BFN/c8-7-5(4-10)2-1-3-6(7)9/h1-3H,8H2. The van der Waals surface area contributed by atoms with Crippen LogP contribution in [0, 0.1) is 17.1 Å². The minimum atomic E-state index is -0.320. The molecule has 0 spiro atoms. The molecule has 1 nitrogen and oxygen atoms in total. The van der Waals surface area contributed by atoms with Crippen molar-refractivity contribution in [3.63, 3.8) is 0 Å². The molecule has 1 rings (SSSR count). The van der Waals surface area contributed by atoms with Crippen molar-refractivity contribution in [2.24, 2.45) is 0 Å². The van der Waals surface area contributed by atoms with Crippen molar-refractivity contribution in [3.8, 4) is 6.07 Å². The van der Waals surface area contributed by atoms with Gasteiger partial charge in [-0.1, -0.05) is 6.07 Å². The van der Waals surface area contributed by atoms with Crippen LogP contribution in [0.4, 0.5) is 4.39 Å². The molecule has 0 heterocycles. The smallest absolute Gasteiger partial charge is 0.144 e. The van der Waals surface area contributed by atoms with Gasteiger partial charge in [-0.2, -0.15) is 5.26 Å². The van der Waals surface area contributed by atoms with Crippen molar-refractivity contribution in [3.05, 3.63) is 29.6 Å². The molecule has 0 aliphatic carbocycles. The molecule has 0 amide bonds. The first-order valence-electron chi connectivity index (χ1n) is 2.91. The molecule has 0 atom stereocenters. The maximum atomic E-state index is 12.6. The highest BCUT2D eigenvalue weighted by atomic mass is 19.1. The van der Waals surface area contributed by atoms with E-state index in [9.17, 15) is 4.39 Å². The first-order valence-corrected chi connectivity index (χ1v) is 2.91. The lowest BCUT2D eigenvalue weighted by Crippen LogP contribution is -2.12. The van der Waals surface area contributed by atoms with Crippen LogP contribution in [0.15, 0.2) is 18.2 Å². The Labute approximate surface area is 59.5 Å². The second-order valence-corrected chi connectivity index (χ2v) is 2.02. The van der Waals surface area contributed by atoms with E-state index in [1.165, 1.54) is 12.1 Å². The third-order valence-corrected chi connectivity index (χ3v) is 1.39. The normalized spacial score (nSPS) is 8.80. The van der Waals surface area contributed by atoms with Gasteiger partial charge in [0.2, 0.25) is 0 Å². The van der Waals surface area contributed by atoms with E-state index in [1.807, 2.05) is 6.07 Å². The van der Waals surface area contributed by atoms with Gasteiger partial charge < -0.3 is 0 Å². The lowest BCUT2D eigenvalue weighted by Gasteiger charge is -1.95. The number of benzene rings is 1. The Balaban J connectivity index is 3.31. The third-order valence-electron chi connectivity index (χ3n) is 1.39. The molecule has 0 unspecified atom stereocenters. The van der Waals surface area contributed by atoms with Gasteiger partial charge in [0.05, 0.1) is 6.07 Å². The number of halogens is 1. The van der Waals surface area contributed by atoms with Crippen molar-refractivity contribution in [1.82, 2.24) is 0 Å². The van der Waals surface area contributed by atoms with Gasteiger partial charge in [0.1, 0.15) is 13.7 Å². The molecule has 0 fully saturated rings. The van der Waals surface area contributed by atoms with E-state index in [0.29, 0.717) is 11.0 Å². The fraction of sp³-hybridized carbons (Fsp3) is 0. The molecule has 0 N–H and O–H groups in total. The Bertz CT molecular complexity index is 290. The minimum Gasteiger partial charge on any atom is -0.208 e. The third kappa shape index (κ3) is 1.01. The van der Waals surface area contributed by atoms with Gasteiger partial charge in [0.15, 0.2) is 0 Å². The van der Waals surface area contributed by atoms with E-state index >= 15 is 0 Å². The van der Waals surface area contributed by atoms with E-state index < -0.39 is 0 Å². The fourth-order valence-electron chi connectivity index (χ4n) is 0.729. The van der Waals surface area contributed by atoms with Crippen LogP contribution in [0.3, 0.4) is 0 Å². The zero-order valence-electron chi connectivity index (χ0n) is 5.56. The number of nitriles is 1. The SMILES string of the molecule is Bc1c(F)cccc1C#N. The Morgan fingerprint density at radius 2 is 2.20 bits per heavy atom. The number of nitrogens with zero attached hydrogens (tertiary/aromatic N) is 1. The molecule has 48 valence electrons. The lowest BCUT2D eigenvalue weighted by atomic mass is 9.91. The molecule has 10 heavy (non-hydrogen) atoms. The zero-order chi connectivity index (χ0) is 7.56. The Morgan fingerprint density at radius 1 is 1.50 bits per heavy atom. The molecular formula is C7H5BFN. The average molecular weight is 133 g/mol. The van der Waals surface area contributed by atoms with Crippen molar-refractivity contribution in [2.45, 2.75) is 0 Å². The van der Waals surface area contributed by atoms with Gasteiger partial charge in [0, 0.05) is 5.56 Å². The molecule has 0 aliphatic heterocycles. The monoisotopic (exact) mass is 133 g/mol. The molecule has 3 heteroatoms. The summed E-state index contributed by atoms with van der Waals surface area (Å²) >= 11 is 0. The van der Waals surface area contributed by atoms with Gasteiger partial charge in [-0.15, -0.1) is 0 Å². The predicted molar refractivity (Wildman–Crippen MR) is 39.3 cm³/mol. The molecule has 1 aromatic carbocycles. The summed E-state index contributed by atoms with van der Waals surface area (Å²) in [6.07, 6.45) is 0. The maximum absolute atomic E-state index is 12.6. The fourth-order valence-corrected chi connectivity index (χ4v) is 0.729. The van der Waals surface area contributed by atoms with Crippen molar-refractivity contribution < 1.29 is 4.39 Å². The zero-order valence-corrected chi connectivity index (χ0v) is 5.56. The van der Waals surface area contributed by atoms with Crippen LogP contribution in [0.5, 0.6) is 0 Å². The van der Waals surface area contributed by atoms with Gasteiger partial charge in [-0.3, -0.25) is 0 Å². The molecule has 0 bridgehead atoms. The van der Waals surface area contributed by atoms with Gasteiger partial charge in [-0.05, 0) is 17.6 Å². The lowest BCUT2D eigenvalue weighted by molar-refractivity contribution is 0.636. The molecule has 0 saturated heterocycles. The second-order valence-electron chi connectivity index (χ2n) is 2.02. The van der Waals surface area contributed by atoms with E-state index in [2.05, 4.69) is 0 Å². The second kappa shape index (κ2) is 2.53. The highest BCUT2D eigenvalue weighted by molar-refractivity contribution is 6.33. The summed E-state index contributed by atoms with van der Waals surface area (Å²) in [5, 5.41) is 8.43. The number of hydrogen-bond acceptors (Lipinski definition) is 1. The first kappa shape index (κ1) is 6.82. The summed E-state index contributed by atoms with van der Waals surface area (Å²) in [4.78, 5) is 0. The molecule has 0 aliphatic rings. The summed E-state index contributed by atoms with van der Waals surface area (Å²) < 4.78 is 12.6. The largest absolute Gasteiger partial charge is 0.208 e. The summed E-state index contributed by atoms with van der Waals surface area (Å²) in [6.45, 7) is 0. The van der Waals surface area contributed by atoms with Crippen LogP contribution in [0.25, 0.3) is 0 Å². The molecular weight excluding hydrogens is 128 g/mol. The van der Waals surface area contributed by atoms with Crippen molar-refractivity contribution in [1.29, 1.82) is 5.26 Å². The van der Waals surface area contributed by atoms with Crippen LogP contribution in [0.1, 0.15) is 5.56 Å². The van der Waals surface area contributed by atoms with Crippen molar-refractivity contribution in [2.75, 3.05) is 0 Å². The van der Waals surface area contributed by atoms with Gasteiger partial charge >= 0.3 is 0 Å². The summed E-state index contributed by atoms with van der Waals surface area (Å²) in [7, 11) is 1.59. The first-order chi connectivity index (χ1) is 4.75. The quantitative estimate of drug-likeness (QED) is 0.455. The van der Waals surface area contributed by atoms with Gasteiger partial charge in [-0.25, -0.2) is 4.39 Å². The highest BCUT2D eigenvalue weighted by Crippen LogP contribution is 1.96. The topological polar surface area (TPSA) is 23.8 Å².